The van der Waals surface area contributed by atoms with Crippen molar-refractivity contribution < 1.29 is 34.0 Å². The van der Waals surface area contributed by atoms with Crippen LogP contribution < -0.4 is 18.9 Å². The number of ether oxygens (including phenoxy) is 4. The van der Waals surface area contributed by atoms with E-state index in [1.807, 2.05) is 0 Å². The molecular weight excluding hydrogens is 484 g/mol. The number of hydrogen-bond acceptors (Lipinski definition) is 6. The lowest BCUT2D eigenvalue weighted by atomic mass is 10.0. The standard InChI is InChI=1S/C31H54O7/c1-5-9-13-17-21-25-27(38-31(33)34)26(32)29(36-23-19-15-11-7-3)30(37-24-20-16-12-8-4)28(25)35-22-18-14-10-6-2/h32H,5-24H2,1-4H3,(H,33,34). The van der Waals surface area contributed by atoms with Gasteiger partial charge in [0.1, 0.15) is 0 Å². The molecule has 0 aliphatic carbocycles. The first-order chi connectivity index (χ1) is 18.5. The third-order valence-corrected chi connectivity index (χ3v) is 6.59. The van der Waals surface area contributed by atoms with Gasteiger partial charge in [0.05, 0.1) is 19.8 Å². The van der Waals surface area contributed by atoms with Crippen molar-refractivity contribution >= 4 is 6.16 Å². The third-order valence-electron chi connectivity index (χ3n) is 6.59. The van der Waals surface area contributed by atoms with Gasteiger partial charge >= 0.3 is 6.16 Å². The molecule has 2 N–H and O–H groups in total. The maximum absolute atomic E-state index is 11.6. The fourth-order valence-electron chi connectivity index (χ4n) is 4.38. The molecule has 0 saturated carbocycles. The zero-order valence-electron chi connectivity index (χ0n) is 24.6. The molecule has 0 aromatic heterocycles. The van der Waals surface area contributed by atoms with E-state index in [-0.39, 0.29) is 17.2 Å². The summed E-state index contributed by atoms with van der Waals surface area (Å²) in [7, 11) is 0. The Hall–Kier alpha value is -2.31. The molecule has 0 atom stereocenters. The highest BCUT2D eigenvalue weighted by Gasteiger charge is 2.30. The summed E-state index contributed by atoms with van der Waals surface area (Å²) in [5, 5.41) is 20.8. The Balaban J connectivity index is 3.46. The monoisotopic (exact) mass is 538 g/mol. The van der Waals surface area contributed by atoms with Crippen LogP contribution in [-0.2, 0) is 6.42 Å². The molecule has 1 aromatic rings. The summed E-state index contributed by atoms with van der Waals surface area (Å²) < 4.78 is 23.8. The van der Waals surface area contributed by atoms with Crippen LogP contribution in [0.1, 0.15) is 136 Å². The van der Waals surface area contributed by atoms with Gasteiger partial charge in [-0.2, -0.15) is 0 Å². The second-order valence-electron chi connectivity index (χ2n) is 10.0. The highest BCUT2D eigenvalue weighted by molar-refractivity contribution is 5.73. The molecule has 0 saturated heterocycles. The zero-order valence-corrected chi connectivity index (χ0v) is 24.6. The van der Waals surface area contributed by atoms with Crippen LogP contribution in [0, 0.1) is 0 Å². The maximum atomic E-state index is 11.6. The molecule has 38 heavy (non-hydrogen) atoms. The Morgan fingerprint density at radius 1 is 0.553 bits per heavy atom. The third kappa shape index (κ3) is 13.0. The number of carboxylic acid groups (broad SMARTS) is 1. The van der Waals surface area contributed by atoms with Crippen molar-refractivity contribution in [2.75, 3.05) is 19.8 Å². The van der Waals surface area contributed by atoms with E-state index in [0.717, 1.165) is 103 Å². The van der Waals surface area contributed by atoms with Crippen LogP contribution in [-0.4, -0.2) is 36.2 Å². The van der Waals surface area contributed by atoms with Crippen LogP contribution in [0.2, 0.25) is 0 Å². The minimum Gasteiger partial charge on any atom is -0.502 e. The average Bonchev–Trinajstić information content (AvgIpc) is 2.90. The van der Waals surface area contributed by atoms with E-state index < -0.39 is 6.16 Å². The Morgan fingerprint density at radius 3 is 1.42 bits per heavy atom. The average molecular weight is 539 g/mol. The molecule has 1 aromatic carbocycles. The van der Waals surface area contributed by atoms with Crippen molar-refractivity contribution in [3.8, 4) is 28.7 Å². The highest BCUT2D eigenvalue weighted by Crippen LogP contribution is 2.54. The molecule has 0 aliphatic heterocycles. The van der Waals surface area contributed by atoms with E-state index >= 15 is 0 Å². The second kappa shape index (κ2) is 21.6. The minimum atomic E-state index is -1.48. The van der Waals surface area contributed by atoms with E-state index in [1.165, 1.54) is 0 Å². The number of hydrogen-bond donors (Lipinski definition) is 2. The predicted molar refractivity (Wildman–Crippen MR) is 154 cm³/mol. The summed E-state index contributed by atoms with van der Waals surface area (Å²) >= 11 is 0. The molecule has 7 heteroatoms. The fourth-order valence-corrected chi connectivity index (χ4v) is 4.38. The molecule has 0 unspecified atom stereocenters. The first-order valence-electron chi connectivity index (χ1n) is 15.2. The number of aromatic hydroxyl groups is 1. The number of phenolic OH excluding ortho intramolecular Hbond substituents is 1. The summed E-state index contributed by atoms with van der Waals surface area (Å²) in [6.07, 6.45) is 15.4. The first kappa shape index (κ1) is 33.7. The van der Waals surface area contributed by atoms with Gasteiger partial charge in [0, 0.05) is 5.56 Å². The number of carbonyl (C=O) groups is 1. The Kier molecular flexibility index (Phi) is 19.2. The predicted octanol–water partition coefficient (Wildman–Crippen LogP) is 9.45. The number of unbranched alkanes of at least 4 members (excludes halogenated alkanes) is 12. The number of benzene rings is 1. The SMILES string of the molecule is CCCCCCOc1c(O)c(OC(=O)O)c(CCCCCC)c(OCCCCCC)c1OCCCCCC. The summed E-state index contributed by atoms with van der Waals surface area (Å²) in [5.41, 5.74) is 0.540. The van der Waals surface area contributed by atoms with Crippen LogP contribution in [0.15, 0.2) is 0 Å². The van der Waals surface area contributed by atoms with Crippen molar-refractivity contribution in [2.45, 2.75) is 137 Å². The normalized spacial score (nSPS) is 10.9. The summed E-state index contributed by atoms with van der Waals surface area (Å²) in [4.78, 5) is 11.6. The molecule has 0 aliphatic rings. The lowest BCUT2D eigenvalue weighted by Gasteiger charge is -2.23. The second-order valence-corrected chi connectivity index (χ2v) is 10.0. The lowest BCUT2D eigenvalue weighted by molar-refractivity contribution is 0.141. The molecule has 220 valence electrons. The van der Waals surface area contributed by atoms with Crippen LogP contribution in [0.4, 0.5) is 4.79 Å². The molecule has 0 amide bonds. The van der Waals surface area contributed by atoms with Gasteiger partial charge in [-0.3, -0.25) is 0 Å². The molecule has 7 nitrogen and oxygen atoms in total. The minimum absolute atomic E-state index is 0.0977. The summed E-state index contributed by atoms with van der Waals surface area (Å²) in [6.45, 7) is 9.95. The van der Waals surface area contributed by atoms with Gasteiger partial charge in [-0.05, 0) is 32.1 Å². The molecule has 0 heterocycles. The Labute approximate surface area is 231 Å². The number of phenols is 1. The quantitative estimate of drug-likeness (QED) is 0.0768. The smallest absolute Gasteiger partial charge is 0.502 e. The fraction of sp³-hybridized carbons (Fsp3) is 0.774. The van der Waals surface area contributed by atoms with E-state index in [0.29, 0.717) is 43.3 Å². The first-order valence-corrected chi connectivity index (χ1v) is 15.2. The van der Waals surface area contributed by atoms with Crippen LogP contribution >= 0.6 is 0 Å². The molecule has 1 rings (SSSR count). The van der Waals surface area contributed by atoms with Crippen molar-refractivity contribution in [1.82, 2.24) is 0 Å². The van der Waals surface area contributed by atoms with Crippen molar-refractivity contribution in [3.05, 3.63) is 5.56 Å². The molecule has 0 fully saturated rings. The van der Waals surface area contributed by atoms with Gasteiger partial charge in [-0.25, -0.2) is 4.79 Å². The van der Waals surface area contributed by atoms with Gasteiger partial charge in [-0.15, -0.1) is 0 Å². The lowest BCUT2D eigenvalue weighted by Crippen LogP contribution is -2.12. The van der Waals surface area contributed by atoms with Crippen molar-refractivity contribution in [2.24, 2.45) is 0 Å². The Bertz CT molecular complexity index is 763. The van der Waals surface area contributed by atoms with Crippen LogP contribution in [0.3, 0.4) is 0 Å². The van der Waals surface area contributed by atoms with Gasteiger partial charge in [0.15, 0.2) is 11.5 Å². The van der Waals surface area contributed by atoms with Crippen LogP contribution in [0.5, 0.6) is 28.7 Å². The Morgan fingerprint density at radius 2 is 0.974 bits per heavy atom. The van der Waals surface area contributed by atoms with E-state index in [4.69, 9.17) is 18.9 Å². The van der Waals surface area contributed by atoms with Gasteiger partial charge in [-0.1, -0.05) is 105 Å². The van der Waals surface area contributed by atoms with E-state index in [2.05, 4.69) is 27.7 Å². The highest BCUT2D eigenvalue weighted by atomic mass is 16.7. The summed E-state index contributed by atoms with van der Waals surface area (Å²) in [6, 6.07) is 0. The summed E-state index contributed by atoms with van der Waals surface area (Å²) in [5.74, 6) is 0.517. The van der Waals surface area contributed by atoms with Gasteiger partial charge in [0.2, 0.25) is 17.2 Å². The van der Waals surface area contributed by atoms with Gasteiger partial charge in [0.25, 0.3) is 0 Å². The number of rotatable bonds is 24. The molecule has 0 bridgehead atoms. The topological polar surface area (TPSA) is 94.5 Å². The van der Waals surface area contributed by atoms with E-state index in [1.54, 1.807) is 0 Å². The maximum Gasteiger partial charge on any atom is 0.511 e. The largest absolute Gasteiger partial charge is 0.511 e. The van der Waals surface area contributed by atoms with E-state index in [9.17, 15) is 15.0 Å². The van der Waals surface area contributed by atoms with Crippen molar-refractivity contribution in [1.29, 1.82) is 0 Å². The molecular formula is C31H54O7. The van der Waals surface area contributed by atoms with Crippen LogP contribution in [0.25, 0.3) is 0 Å². The zero-order chi connectivity index (χ0) is 28.0. The molecule has 0 radical (unpaired) electrons. The molecule has 0 spiro atoms. The van der Waals surface area contributed by atoms with Gasteiger partial charge < -0.3 is 29.2 Å². The van der Waals surface area contributed by atoms with Crippen molar-refractivity contribution in [3.63, 3.8) is 0 Å².